The van der Waals surface area contributed by atoms with Gasteiger partial charge in [-0.15, -0.1) is 0 Å². The monoisotopic (exact) mass is 348 g/mol. The predicted octanol–water partition coefficient (Wildman–Crippen LogP) is 2.14. The van der Waals surface area contributed by atoms with Crippen LogP contribution in [0.1, 0.15) is 5.56 Å². The Kier molecular flexibility index (Phi) is 4.06. The van der Waals surface area contributed by atoms with E-state index in [9.17, 15) is 13.2 Å². The average molecular weight is 348 g/mol. The second-order valence-corrected chi connectivity index (χ2v) is 6.94. The minimum absolute atomic E-state index is 0.0525. The van der Waals surface area contributed by atoms with Gasteiger partial charge in [0, 0.05) is 0 Å². The fraction of sp³-hybridized carbons (Fsp3) is 0.188. The molecule has 2 N–H and O–H groups in total. The van der Waals surface area contributed by atoms with E-state index < -0.39 is 10.0 Å². The van der Waals surface area contributed by atoms with E-state index in [0.29, 0.717) is 28.4 Å². The number of amides is 1. The zero-order valence-electron chi connectivity index (χ0n) is 13.1. The molecule has 0 saturated heterocycles. The van der Waals surface area contributed by atoms with Gasteiger partial charge >= 0.3 is 0 Å². The molecular formula is C16H16N2O5S. The lowest BCUT2D eigenvalue weighted by Gasteiger charge is -2.19. The molecule has 24 heavy (non-hydrogen) atoms. The molecule has 7 nitrogen and oxygen atoms in total. The van der Waals surface area contributed by atoms with Crippen LogP contribution in [-0.2, 0) is 14.8 Å². The predicted molar refractivity (Wildman–Crippen MR) is 89.1 cm³/mol. The molecule has 0 fully saturated rings. The van der Waals surface area contributed by atoms with Gasteiger partial charge in [-0.3, -0.25) is 9.52 Å². The number of ether oxygens (including phenoxy) is 2. The van der Waals surface area contributed by atoms with Crippen molar-refractivity contribution in [2.75, 3.05) is 23.8 Å². The van der Waals surface area contributed by atoms with Crippen LogP contribution in [0.5, 0.6) is 11.5 Å². The van der Waals surface area contributed by atoms with Crippen molar-refractivity contribution in [2.24, 2.45) is 0 Å². The molecule has 0 aliphatic carbocycles. The molecular weight excluding hydrogens is 332 g/mol. The number of hydrogen-bond acceptors (Lipinski definition) is 5. The summed E-state index contributed by atoms with van der Waals surface area (Å²) in [5, 5.41) is 2.64. The van der Waals surface area contributed by atoms with Crippen molar-refractivity contribution in [1.82, 2.24) is 0 Å². The molecule has 1 heterocycles. The van der Waals surface area contributed by atoms with Crippen LogP contribution in [0, 0.1) is 6.92 Å². The molecule has 126 valence electrons. The zero-order valence-corrected chi connectivity index (χ0v) is 13.9. The Hall–Kier alpha value is -2.74. The highest BCUT2D eigenvalue weighted by molar-refractivity contribution is 7.92. The van der Waals surface area contributed by atoms with E-state index in [0.717, 1.165) is 0 Å². The number of hydrogen-bond donors (Lipinski definition) is 2. The topological polar surface area (TPSA) is 93.7 Å². The van der Waals surface area contributed by atoms with Crippen molar-refractivity contribution in [3.8, 4) is 11.5 Å². The first-order chi connectivity index (χ1) is 11.4. The summed E-state index contributed by atoms with van der Waals surface area (Å²) >= 11 is 0. The van der Waals surface area contributed by atoms with Crippen molar-refractivity contribution in [3.05, 3.63) is 42.0 Å². The number of carbonyl (C=O) groups is 1. The fourth-order valence-electron chi connectivity index (χ4n) is 2.41. The number of rotatable bonds is 4. The number of nitrogens with one attached hydrogen (secondary N) is 2. The van der Waals surface area contributed by atoms with Gasteiger partial charge in [-0.25, -0.2) is 8.42 Å². The first-order valence-electron chi connectivity index (χ1n) is 7.13. The van der Waals surface area contributed by atoms with Gasteiger partial charge in [0.1, 0.15) is 11.5 Å². The fourth-order valence-corrected chi connectivity index (χ4v) is 3.68. The smallest absolute Gasteiger partial charge is 0.262 e. The molecule has 0 radical (unpaired) electrons. The van der Waals surface area contributed by atoms with E-state index in [1.54, 1.807) is 31.2 Å². The molecule has 2 aromatic rings. The molecule has 1 aliphatic heterocycles. The van der Waals surface area contributed by atoms with Crippen LogP contribution >= 0.6 is 0 Å². The summed E-state index contributed by atoms with van der Waals surface area (Å²) in [7, 11) is -2.25. The summed E-state index contributed by atoms with van der Waals surface area (Å²) in [6, 6.07) is 9.42. The Morgan fingerprint density at radius 2 is 2.00 bits per heavy atom. The van der Waals surface area contributed by atoms with Crippen LogP contribution < -0.4 is 19.5 Å². The highest BCUT2D eigenvalue weighted by Gasteiger charge is 2.20. The average Bonchev–Trinajstić information content (AvgIpc) is 2.53. The summed E-state index contributed by atoms with van der Waals surface area (Å²) in [4.78, 5) is 11.5. The zero-order chi connectivity index (χ0) is 17.3. The number of fused-ring (bicyclic) bond motifs is 1. The summed E-state index contributed by atoms with van der Waals surface area (Å²) < 4.78 is 38.0. The maximum Gasteiger partial charge on any atom is 0.262 e. The van der Waals surface area contributed by atoms with Crippen molar-refractivity contribution in [2.45, 2.75) is 11.8 Å². The quantitative estimate of drug-likeness (QED) is 0.883. The van der Waals surface area contributed by atoms with Crippen molar-refractivity contribution < 1.29 is 22.7 Å². The number of anilines is 2. The Balaban J connectivity index is 1.90. The van der Waals surface area contributed by atoms with Crippen molar-refractivity contribution >= 4 is 27.3 Å². The van der Waals surface area contributed by atoms with Crippen LogP contribution in [0.4, 0.5) is 11.4 Å². The second-order valence-electron chi connectivity index (χ2n) is 5.28. The van der Waals surface area contributed by atoms with Gasteiger partial charge in [0.25, 0.3) is 15.9 Å². The van der Waals surface area contributed by atoms with E-state index in [-0.39, 0.29) is 17.4 Å². The van der Waals surface area contributed by atoms with Gasteiger partial charge in [-0.2, -0.15) is 0 Å². The largest absolute Gasteiger partial charge is 0.497 e. The van der Waals surface area contributed by atoms with Gasteiger partial charge in [0.05, 0.1) is 23.4 Å². The Morgan fingerprint density at radius 1 is 1.21 bits per heavy atom. The second kappa shape index (κ2) is 6.04. The third-order valence-electron chi connectivity index (χ3n) is 3.54. The molecule has 8 heteroatoms. The summed E-state index contributed by atoms with van der Waals surface area (Å²) in [6.45, 7) is 1.64. The molecule has 1 amide bonds. The van der Waals surface area contributed by atoms with Crippen LogP contribution in [0.2, 0.25) is 0 Å². The van der Waals surface area contributed by atoms with E-state index in [1.165, 1.54) is 19.2 Å². The number of methoxy groups -OCH3 is 1. The van der Waals surface area contributed by atoms with E-state index in [4.69, 9.17) is 9.47 Å². The van der Waals surface area contributed by atoms with Crippen LogP contribution in [0.25, 0.3) is 0 Å². The molecule has 1 aliphatic rings. The summed E-state index contributed by atoms with van der Waals surface area (Å²) in [6.07, 6.45) is 0. The standard InChI is InChI=1S/C16H16N2O5S/c1-10-7-12(22-2)4-6-15(10)24(20,21)18-11-3-5-14-13(8-11)17-16(19)9-23-14/h3-8,18H,9H2,1-2H3,(H,17,19). The third kappa shape index (κ3) is 3.13. The lowest BCUT2D eigenvalue weighted by molar-refractivity contribution is -0.118. The summed E-state index contributed by atoms with van der Waals surface area (Å²) in [5.74, 6) is 0.798. The first kappa shape index (κ1) is 16.1. The Morgan fingerprint density at radius 3 is 2.71 bits per heavy atom. The molecule has 3 rings (SSSR count). The number of carbonyl (C=O) groups excluding carboxylic acids is 1. The molecule has 0 unspecified atom stereocenters. The van der Waals surface area contributed by atoms with Gasteiger partial charge in [-0.05, 0) is 48.9 Å². The van der Waals surface area contributed by atoms with Crippen molar-refractivity contribution in [3.63, 3.8) is 0 Å². The lowest BCUT2D eigenvalue weighted by Crippen LogP contribution is -2.25. The van der Waals surface area contributed by atoms with Crippen LogP contribution in [0.3, 0.4) is 0 Å². The summed E-state index contributed by atoms with van der Waals surface area (Å²) in [5.41, 5.74) is 1.32. The number of aryl methyl sites for hydroxylation is 1. The maximum absolute atomic E-state index is 12.6. The van der Waals surface area contributed by atoms with Crippen LogP contribution in [-0.4, -0.2) is 28.0 Å². The highest BCUT2D eigenvalue weighted by Crippen LogP contribution is 2.31. The minimum Gasteiger partial charge on any atom is -0.497 e. The third-order valence-corrected chi connectivity index (χ3v) is 5.08. The number of sulfonamides is 1. The van der Waals surface area contributed by atoms with Crippen LogP contribution in [0.15, 0.2) is 41.3 Å². The minimum atomic E-state index is -3.77. The Bertz CT molecular complexity index is 909. The normalized spacial score (nSPS) is 13.5. The van der Waals surface area contributed by atoms with E-state index >= 15 is 0 Å². The number of benzene rings is 2. The van der Waals surface area contributed by atoms with Crippen molar-refractivity contribution in [1.29, 1.82) is 0 Å². The van der Waals surface area contributed by atoms with E-state index in [2.05, 4.69) is 10.0 Å². The van der Waals surface area contributed by atoms with E-state index in [1.807, 2.05) is 0 Å². The van der Waals surface area contributed by atoms with Gasteiger partial charge in [-0.1, -0.05) is 0 Å². The molecule has 0 saturated carbocycles. The lowest BCUT2D eigenvalue weighted by atomic mass is 10.2. The van der Waals surface area contributed by atoms with Gasteiger partial charge in [0.15, 0.2) is 6.61 Å². The molecule has 2 aromatic carbocycles. The van der Waals surface area contributed by atoms with Gasteiger partial charge < -0.3 is 14.8 Å². The SMILES string of the molecule is COc1ccc(S(=O)(=O)Nc2ccc3c(c2)NC(=O)CO3)c(C)c1. The molecule has 0 atom stereocenters. The Labute approximate surface area is 139 Å². The first-order valence-corrected chi connectivity index (χ1v) is 8.61. The maximum atomic E-state index is 12.6. The molecule has 0 aromatic heterocycles. The highest BCUT2D eigenvalue weighted by atomic mass is 32.2. The molecule has 0 spiro atoms. The van der Waals surface area contributed by atoms with Gasteiger partial charge in [0.2, 0.25) is 0 Å². The molecule has 0 bridgehead atoms.